The molecule has 2 rings (SSSR count). The highest BCUT2D eigenvalue weighted by molar-refractivity contribution is 5.94. The fourth-order valence-corrected chi connectivity index (χ4v) is 2.84. The lowest BCUT2D eigenvalue weighted by molar-refractivity contribution is -0.144. The third-order valence-electron chi connectivity index (χ3n) is 4.24. The summed E-state index contributed by atoms with van der Waals surface area (Å²) in [5, 5.41) is 2.63. The van der Waals surface area contributed by atoms with E-state index in [1.54, 1.807) is 17.9 Å². The van der Waals surface area contributed by atoms with E-state index in [2.05, 4.69) is 5.32 Å². The molecule has 0 aliphatic carbocycles. The number of benzene rings is 1. The lowest BCUT2D eigenvalue weighted by atomic mass is 10.2. The topological polar surface area (TPSA) is 79.0 Å². The molecule has 27 heavy (non-hydrogen) atoms. The first-order chi connectivity index (χ1) is 13.1. The Hall–Kier alpha value is -2.67. The Balaban J connectivity index is 1.73. The normalized spacial score (nSPS) is 15.4. The third kappa shape index (κ3) is 7.62. The Kier molecular flexibility index (Phi) is 8.51. The number of hydrogen-bond acceptors (Lipinski definition) is 5. The Morgan fingerprint density at radius 3 is 2.63 bits per heavy atom. The van der Waals surface area contributed by atoms with Crippen molar-refractivity contribution < 1.29 is 19.1 Å². The first-order valence-corrected chi connectivity index (χ1v) is 9.25. The first-order valence-electron chi connectivity index (χ1n) is 9.25. The minimum Gasteiger partial charge on any atom is -0.465 e. The molecule has 0 radical (unpaired) electrons. The number of ether oxygens (including phenoxy) is 1. The van der Waals surface area contributed by atoms with E-state index in [0.717, 1.165) is 18.5 Å². The molecule has 0 unspecified atom stereocenters. The molecule has 0 spiro atoms. The SMILES string of the molecule is CCOC(=O)CN1CCCN(C(=O)CNC(=O)/C=C/c2ccccc2)CC1. The number of nitrogens with zero attached hydrogens (tertiary/aromatic N) is 2. The summed E-state index contributed by atoms with van der Waals surface area (Å²) in [5.41, 5.74) is 0.924. The molecule has 2 amide bonds. The van der Waals surface area contributed by atoms with Crippen LogP contribution in [0.3, 0.4) is 0 Å². The summed E-state index contributed by atoms with van der Waals surface area (Å²) in [4.78, 5) is 39.5. The summed E-state index contributed by atoms with van der Waals surface area (Å²) < 4.78 is 4.96. The van der Waals surface area contributed by atoms with Crippen molar-refractivity contribution >= 4 is 23.9 Å². The van der Waals surface area contributed by atoms with Gasteiger partial charge in [0.2, 0.25) is 11.8 Å². The van der Waals surface area contributed by atoms with E-state index in [9.17, 15) is 14.4 Å². The average Bonchev–Trinajstić information content (AvgIpc) is 2.91. The zero-order valence-electron chi connectivity index (χ0n) is 15.7. The highest BCUT2D eigenvalue weighted by atomic mass is 16.5. The molecule has 146 valence electrons. The second-order valence-electron chi connectivity index (χ2n) is 6.28. The zero-order chi connectivity index (χ0) is 19.5. The number of carbonyl (C=O) groups is 3. The predicted molar refractivity (Wildman–Crippen MR) is 103 cm³/mol. The summed E-state index contributed by atoms with van der Waals surface area (Å²) in [6.07, 6.45) is 3.91. The molecule has 1 saturated heterocycles. The molecule has 0 atom stereocenters. The van der Waals surface area contributed by atoms with Crippen LogP contribution in [0.4, 0.5) is 0 Å². The van der Waals surface area contributed by atoms with Crippen LogP contribution in [-0.4, -0.2) is 73.5 Å². The number of rotatable bonds is 7. The summed E-state index contributed by atoms with van der Waals surface area (Å²) >= 11 is 0. The highest BCUT2D eigenvalue weighted by Crippen LogP contribution is 2.04. The Morgan fingerprint density at radius 1 is 1.11 bits per heavy atom. The largest absolute Gasteiger partial charge is 0.465 e. The van der Waals surface area contributed by atoms with Crippen LogP contribution in [0.15, 0.2) is 36.4 Å². The smallest absolute Gasteiger partial charge is 0.320 e. The van der Waals surface area contributed by atoms with Gasteiger partial charge in [0.1, 0.15) is 0 Å². The number of nitrogens with one attached hydrogen (secondary N) is 1. The van der Waals surface area contributed by atoms with Gasteiger partial charge in [-0.2, -0.15) is 0 Å². The van der Waals surface area contributed by atoms with Crippen molar-refractivity contribution in [3.63, 3.8) is 0 Å². The van der Waals surface area contributed by atoms with Crippen molar-refractivity contribution in [2.75, 3.05) is 45.9 Å². The van der Waals surface area contributed by atoms with Gasteiger partial charge in [-0.05, 0) is 25.0 Å². The number of esters is 1. The lowest BCUT2D eigenvalue weighted by Gasteiger charge is -2.21. The van der Waals surface area contributed by atoms with Gasteiger partial charge in [-0.15, -0.1) is 0 Å². The molecule has 1 aliphatic rings. The average molecular weight is 373 g/mol. The van der Waals surface area contributed by atoms with Crippen LogP contribution < -0.4 is 5.32 Å². The summed E-state index contributed by atoms with van der Waals surface area (Å²) in [6, 6.07) is 9.49. The molecule has 0 saturated carbocycles. The summed E-state index contributed by atoms with van der Waals surface area (Å²) in [6.45, 7) is 4.88. The molecule has 0 aromatic heterocycles. The van der Waals surface area contributed by atoms with Gasteiger partial charge in [0.05, 0.1) is 19.7 Å². The van der Waals surface area contributed by atoms with E-state index in [0.29, 0.717) is 26.2 Å². The van der Waals surface area contributed by atoms with Gasteiger partial charge in [0.25, 0.3) is 0 Å². The van der Waals surface area contributed by atoms with E-state index >= 15 is 0 Å². The van der Waals surface area contributed by atoms with Gasteiger partial charge in [0.15, 0.2) is 0 Å². The lowest BCUT2D eigenvalue weighted by Crippen LogP contribution is -2.42. The van der Waals surface area contributed by atoms with Crippen LogP contribution >= 0.6 is 0 Å². The van der Waals surface area contributed by atoms with Crippen LogP contribution in [-0.2, 0) is 19.1 Å². The van der Waals surface area contributed by atoms with Crippen molar-refractivity contribution in [3.8, 4) is 0 Å². The summed E-state index contributed by atoms with van der Waals surface area (Å²) in [5.74, 6) is -0.657. The van der Waals surface area contributed by atoms with Gasteiger partial charge in [0, 0.05) is 32.3 Å². The van der Waals surface area contributed by atoms with Gasteiger partial charge < -0.3 is 15.0 Å². The van der Waals surface area contributed by atoms with Crippen LogP contribution in [0.1, 0.15) is 18.9 Å². The minimum absolute atomic E-state index is 0.0319. The monoisotopic (exact) mass is 373 g/mol. The van der Waals surface area contributed by atoms with Crippen LogP contribution in [0.2, 0.25) is 0 Å². The Labute approximate surface area is 160 Å². The van der Waals surface area contributed by atoms with Crippen molar-refractivity contribution in [1.82, 2.24) is 15.1 Å². The minimum atomic E-state index is -0.300. The first kappa shape index (κ1) is 20.6. The van der Waals surface area contributed by atoms with E-state index < -0.39 is 0 Å². The molecule has 1 N–H and O–H groups in total. The maximum Gasteiger partial charge on any atom is 0.320 e. The van der Waals surface area contributed by atoms with Crippen LogP contribution in [0, 0.1) is 0 Å². The molecular weight excluding hydrogens is 346 g/mol. The van der Waals surface area contributed by atoms with Gasteiger partial charge in [-0.3, -0.25) is 19.3 Å². The van der Waals surface area contributed by atoms with Gasteiger partial charge in [-0.25, -0.2) is 0 Å². The molecule has 1 aliphatic heterocycles. The molecule has 1 fully saturated rings. The Bertz CT molecular complexity index is 660. The molecule has 1 aromatic carbocycles. The number of amides is 2. The van der Waals surface area contributed by atoms with Crippen molar-refractivity contribution in [3.05, 3.63) is 42.0 Å². The second-order valence-corrected chi connectivity index (χ2v) is 6.28. The van der Waals surface area contributed by atoms with Gasteiger partial charge >= 0.3 is 5.97 Å². The fourth-order valence-electron chi connectivity index (χ4n) is 2.84. The van der Waals surface area contributed by atoms with Crippen molar-refractivity contribution in [1.29, 1.82) is 0 Å². The standard InChI is InChI=1S/C20H27N3O4/c1-2-27-20(26)16-22-11-6-12-23(14-13-22)19(25)15-21-18(24)10-9-17-7-4-3-5-8-17/h3-5,7-10H,2,6,11-16H2,1H3,(H,21,24)/b10-9+. The summed E-state index contributed by atoms with van der Waals surface area (Å²) in [7, 11) is 0. The van der Waals surface area contributed by atoms with E-state index in [-0.39, 0.29) is 30.9 Å². The molecule has 7 nitrogen and oxygen atoms in total. The molecular formula is C20H27N3O4. The highest BCUT2D eigenvalue weighted by Gasteiger charge is 2.20. The van der Waals surface area contributed by atoms with E-state index in [4.69, 9.17) is 4.74 Å². The van der Waals surface area contributed by atoms with E-state index in [1.165, 1.54) is 6.08 Å². The fraction of sp³-hybridized carbons (Fsp3) is 0.450. The maximum atomic E-state index is 12.3. The second kappa shape index (κ2) is 11.1. The van der Waals surface area contributed by atoms with Crippen molar-refractivity contribution in [2.24, 2.45) is 0 Å². The number of carbonyl (C=O) groups excluding carboxylic acids is 3. The molecule has 1 heterocycles. The van der Waals surface area contributed by atoms with Gasteiger partial charge in [-0.1, -0.05) is 30.3 Å². The van der Waals surface area contributed by atoms with E-state index in [1.807, 2.05) is 35.2 Å². The molecule has 0 bridgehead atoms. The van der Waals surface area contributed by atoms with Crippen molar-refractivity contribution in [2.45, 2.75) is 13.3 Å². The van der Waals surface area contributed by atoms with Crippen LogP contribution in [0.25, 0.3) is 6.08 Å². The van der Waals surface area contributed by atoms with Crippen LogP contribution in [0.5, 0.6) is 0 Å². The quantitative estimate of drug-likeness (QED) is 0.568. The zero-order valence-corrected chi connectivity index (χ0v) is 15.7. The Morgan fingerprint density at radius 2 is 1.89 bits per heavy atom. The molecule has 1 aromatic rings. The maximum absolute atomic E-state index is 12.3. The predicted octanol–water partition coefficient (Wildman–Crippen LogP) is 0.913. The third-order valence-corrected chi connectivity index (χ3v) is 4.24. The number of hydrogen-bond donors (Lipinski definition) is 1. The molecule has 7 heteroatoms.